The summed E-state index contributed by atoms with van der Waals surface area (Å²) in [5, 5.41) is 9.02. The quantitative estimate of drug-likeness (QED) is 0.867. The summed E-state index contributed by atoms with van der Waals surface area (Å²) < 4.78 is 0. The van der Waals surface area contributed by atoms with Crippen LogP contribution in [0.3, 0.4) is 0 Å². The lowest BCUT2D eigenvalue weighted by Crippen LogP contribution is -2.34. The van der Waals surface area contributed by atoms with Gasteiger partial charge >= 0.3 is 0 Å². The van der Waals surface area contributed by atoms with Crippen LogP contribution in [0.4, 0.5) is 11.4 Å². The summed E-state index contributed by atoms with van der Waals surface area (Å²) >= 11 is 0. The molecule has 1 atom stereocenters. The van der Waals surface area contributed by atoms with Crippen LogP contribution >= 0.6 is 0 Å². The zero-order chi connectivity index (χ0) is 12.3. The van der Waals surface area contributed by atoms with Gasteiger partial charge in [0.2, 0.25) is 0 Å². The maximum atomic E-state index is 9.02. The number of benzene rings is 1. The Hall–Kier alpha value is -1.22. The van der Waals surface area contributed by atoms with Crippen LogP contribution in [-0.4, -0.2) is 37.9 Å². The minimum absolute atomic E-state index is 0.265. The molecule has 1 heterocycles. The summed E-state index contributed by atoms with van der Waals surface area (Å²) in [6, 6.07) is 9.09. The first-order valence-electron chi connectivity index (χ1n) is 6.41. The zero-order valence-corrected chi connectivity index (χ0v) is 10.8. The van der Waals surface area contributed by atoms with Gasteiger partial charge in [0, 0.05) is 32.8 Å². The summed E-state index contributed by atoms with van der Waals surface area (Å²) in [6.07, 6.45) is 2.00. The van der Waals surface area contributed by atoms with E-state index >= 15 is 0 Å². The molecule has 0 aromatic heterocycles. The lowest BCUT2D eigenvalue weighted by atomic mass is 10.1. The number of rotatable bonds is 3. The lowest BCUT2D eigenvalue weighted by molar-refractivity contribution is 0.288. The molecule has 3 nitrogen and oxygen atoms in total. The number of fused-ring (bicyclic) bond motifs is 1. The van der Waals surface area contributed by atoms with E-state index in [1.807, 2.05) is 0 Å². The van der Waals surface area contributed by atoms with E-state index < -0.39 is 0 Å². The van der Waals surface area contributed by atoms with E-state index in [1.165, 1.54) is 11.4 Å². The van der Waals surface area contributed by atoms with Crippen molar-refractivity contribution in [2.75, 3.05) is 36.5 Å². The molecule has 0 fully saturated rings. The molecular formula is C14H22N2O. The first-order chi connectivity index (χ1) is 8.24. The fraction of sp³-hybridized carbons (Fsp3) is 0.571. The van der Waals surface area contributed by atoms with Crippen molar-refractivity contribution in [3.63, 3.8) is 0 Å². The van der Waals surface area contributed by atoms with Crippen LogP contribution in [0.25, 0.3) is 0 Å². The van der Waals surface area contributed by atoms with Gasteiger partial charge in [0.15, 0.2) is 0 Å². The number of anilines is 2. The van der Waals surface area contributed by atoms with Crippen molar-refractivity contribution in [2.24, 2.45) is 0 Å². The molecule has 0 bridgehead atoms. The van der Waals surface area contributed by atoms with Crippen LogP contribution in [0, 0.1) is 0 Å². The van der Waals surface area contributed by atoms with E-state index in [1.54, 1.807) is 0 Å². The van der Waals surface area contributed by atoms with Gasteiger partial charge in [0.25, 0.3) is 0 Å². The second kappa shape index (κ2) is 5.41. The molecule has 0 saturated heterocycles. The van der Waals surface area contributed by atoms with E-state index in [0.29, 0.717) is 6.04 Å². The molecule has 1 aromatic carbocycles. The molecule has 1 aliphatic rings. The first kappa shape index (κ1) is 12.2. The molecule has 0 spiro atoms. The fourth-order valence-corrected chi connectivity index (χ4v) is 2.51. The molecule has 94 valence electrons. The van der Waals surface area contributed by atoms with E-state index in [9.17, 15) is 0 Å². The second-order valence-corrected chi connectivity index (χ2v) is 4.82. The smallest absolute Gasteiger partial charge is 0.0606 e. The van der Waals surface area contributed by atoms with Crippen molar-refractivity contribution in [1.29, 1.82) is 0 Å². The van der Waals surface area contributed by atoms with Gasteiger partial charge in [-0.1, -0.05) is 12.1 Å². The SMILES string of the molecule is CC1CCN(C)c2ccccc2N1CCCO. The number of para-hydroxylation sites is 2. The minimum Gasteiger partial charge on any atom is -0.396 e. The maximum Gasteiger partial charge on any atom is 0.0606 e. The number of nitrogens with zero attached hydrogens (tertiary/aromatic N) is 2. The average molecular weight is 234 g/mol. The highest BCUT2D eigenvalue weighted by molar-refractivity contribution is 5.72. The molecule has 0 radical (unpaired) electrons. The Morgan fingerprint density at radius 2 is 2.00 bits per heavy atom. The predicted molar refractivity (Wildman–Crippen MR) is 72.8 cm³/mol. The summed E-state index contributed by atoms with van der Waals surface area (Å²) in [5.41, 5.74) is 2.60. The third-order valence-electron chi connectivity index (χ3n) is 3.57. The highest BCUT2D eigenvalue weighted by Crippen LogP contribution is 2.33. The molecule has 3 heteroatoms. The summed E-state index contributed by atoms with van der Waals surface area (Å²) in [6.45, 7) is 4.56. The van der Waals surface area contributed by atoms with Crippen molar-refractivity contribution in [3.8, 4) is 0 Å². The van der Waals surface area contributed by atoms with Gasteiger partial charge in [-0.05, 0) is 31.9 Å². The average Bonchev–Trinajstić information content (AvgIpc) is 2.47. The number of aliphatic hydroxyl groups is 1. The Labute approximate surface area is 104 Å². The van der Waals surface area contributed by atoms with Crippen molar-refractivity contribution in [1.82, 2.24) is 0 Å². The molecule has 0 amide bonds. The second-order valence-electron chi connectivity index (χ2n) is 4.82. The van der Waals surface area contributed by atoms with Gasteiger partial charge in [0.1, 0.15) is 0 Å². The number of hydrogen-bond acceptors (Lipinski definition) is 3. The minimum atomic E-state index is 0.265. The molecule has 1 aliphatic heterocycles. The molecule has 17 heavy (non-hydrogen) atoms. The third kappa shape index (κ3) is 2.55. The maximum absolute atomic E-state index is 9.02. The largest absolute Gasteiger partial charge is 0.396 e. The Morgan fingerprint density at radius 3 is 2.71 bits per heavy atom. The highest BCUT2D eigenvalue weighted by atomic mass is 16.3. The van der Waals surface area contributed by atoms with Crippen molar-refractivity contribution in [2.45, 2.75) is 25.8 Å². The molecular weight excluding hydrogens is 212 g/mol. The van der Waals surface area contributed by atoms with Gasteiger partial charge in [-0.15, -0.1) is 0 Å². The fourth-order valence-electron chi connectivity index (χ4n) is 2.51. The Morgan fingerprint density at radius 1 is 1.29 bits per heavy atom. The standard InChI is InChI=1S/C14H22N2O/c1-12-8-10-15(2)13-6-3-4-7-14(13)16(12)9-5-11-17/h3-4,6-7,12,17H,5,8-11H2,1-2H3. The van der Waals surface area contributed by atoms with Crippen LogP contribution in [0.2, 0.25) is 0 Å². The lowest BCUT2D eigenvalue weighted by Gasteiger charge is -2.30. The molecule has 2 rings (SSSR count). The van der Waals surface area contributed by atoms with Crippen LogP contribution in [-0.2, 0) is 0 Å². The molecule has 1 unspecified atom stereocenters. The van der Waals surface area contributed by atoms with Crippen molar-refractivity contribution >= 4 is 11.4 Å². The Kier molecular flexibility index (Phi) is 3.89. The van der Waals surface area contributed by atoms with Gasteiger partial charge < -0.3 is 14.9 Å². The molecule has 1 N–H and O–H groups in total. The number of aliphatic hydroxyl groups excluding tert-OH is 1. The monoisotopic (exact) mass is 234 g/mol. The van der Waals surface area contributed by atoms with Crippen LogP contribution in [0.5, 0.6) is 0 Å². The van der Waals surface area contributed by atoms with Crippen LogP contribution < -0.4 is 9.80 Å². The normalized spacial score (nSPS) is 20.1. The molecule has 1 aromatic rings. The van der Waals surface area contributed by atoms with E-state index in [2.05, 4.69) is 48.0 Å². The predicted octanol–water partition coefficient (Wildman–Crippen LogP) is 2.10. The molecule has 0 saturated carbocycles. The summed E-state index contributed by atoms with van der Waals surface area (Å²) in [4.78, 5) is 4.75. The van der Waals surface area contributed by atoms with Crippen LogP contribution in [0.15, 0.2) is 24.3 Å². The Bertz CT molecular complexity index is 367. The first-order valence-corrected chi connectivity index (χ1v) is 6.41. The topological polar surface area (TPSA) is 26.7 Å². The van der Waals surface area contributed by atoms with E-state index in [4.69, 9.17) is 5.11 Å². The number of hydrogen-bond donors (Lipinski definition) is 1. The Balaban J connectivity index is 2.31. The summed E-state index contributed by atoms with van der Waals surface area (Å²) in [5.74, 6) is 0. The highest BCUT2D eigenvalue weighted by Gasteiger charge is 2.22. The van der Waals surface area contributed by atoms with Gasteiger partial charge in [-0.2, -0.15) is 0 Å². The van der Waals surface area contributed by atoms with Gasteiger partial charge in [0.05, 0.1) is 11.4 Å². The van der Waals surface area contributed by atoms with Gasteiger partial charge in [-0.25, -0.2) is 0 Å². The van der Waals surface area contributed by atoms with E-state index in [-0.39, 0.29) is 6.61 Å². The zero-order valence-electron chi connectivity index (χ0n) is 10.8. The third-order valence-corrected chi connectivity index (χ3v) is 3.57. The van der Waals surface area contributed by atoms with Crippen molar-refractivity contribution in [3.05, 3.63) is 24.3 Å². The van der Waals surface area contributed by atoms with Gasteiger partial charge in [-0.3, -0.25) is 0 Å². The van der Waals surface area contributed by atoms with Crippen LogP contribution in [0.1, 0.15) is 19.8 Å². The van der Waals surface area contributed by atoms with Crippen molar-refractivity contribution < 1.29 is 5.11 Å². The van der Waals surface area contributed by atoms with E-state index in [0.717, 1.165) is 25.9 Å². The summed E-state index contributed by atoms with van der Waals surface area (Å²) in [7, 11) is 2.15. The molecule has 0 aliphatic carbocycles.